The van der Waals surface area contributed by atoms with Gasteiger partial charge in [0.05, 0.1) is 0 Å². The molecule has 1 amide bonds. The van der Waals surface area contributed by atoms with Crippen molar-refractivity contribution in [1.82, 2.24) is 4.90 Å². The number of ether oxygens (including phenoxy) is 1. The van der Waals surface area contributed by atoms with Gasteiger partial charge >= 0.3 is 0 Å². The van der Waals surface area contributed by atoms with Crippen LogP contribution in [0.5, 0.6) is 0 Å². The van der Waals surface area contributed by atoms with Crippen LogP contribution in [-0.4, -0.2) is 38.1 Å². The van der Waals surface area contributed by atoms with Crippen LogP contribution in [0, 0.1) is 0 Å². The van der Waals surface area contributed by atoms with E-state index in [1.54, 1.807) is 7.11 Å². The van der Waals surface area contributed by atoms with E-state index < -0.39 is 0 Å². The molecule has 14 heavy (non-hydrogen) atoms. The lowest BCUT2D eigenvalue weighted by Gasteiger charge is -2.15. The molecular formula is C11H23NO2. The van der Waals surface area contributed by atoms with Crippen molar-refractivity contribution in [3.8, 4) is 0 Å². The Morgan fingerprint density at radius 2 is 1.86 bits per heavy atom. The summed E-state index contributed by atoms with van der Waals surface area (Å²) in [6.45, 7) is 3.64. The average molecular weight is 201 g/mol. The first kappa shape index (κ1) is 13.4. The van der Waals surface area contributed by atoms with Gasteiger partial charge in [-0.25, -0.2) is 0 Å². The van der Waals surface area contributed by atoms with Gasteiger partial charge in [0.15, 0.2) is 0 Å². The van der Waals surface area contributed by atoms with E-state index in [1.807, 2.05) is 18.9 Å². The lowest BCUT2D eigenvalue weighted by atomic mass is 10.2. The molecule has 0 aromatic carbocycles. The highest BCUT2D eigenvalue weighted by Crippen LogP contribution is 2.01. The largest absolute Gasteiger partial charge is 0.385 e. The van der Waals surface area contributed by atoms with E-state index in [2.05, 4.69) is 0 Å². The molecular weight excluding hydrogens is 178 g/mol. The van der Waals surface area contributed by atoms with Gasteiger partial charge in [-0.05, 0) is 12.8 Å². The van der Waals surface area contributed by atoms with Crippen molar-refractivity contribution in [2.75, 3.05) is 27.3 Å². The summed E-state index contributed by atoms with van der Waals surface area (Å²) in [7, 11) is 3.61. The Balaban J connectivity index is 3.23. The monoisotopic (exact) mass is 201 g/mol. The highest BCUT2D eigenvalue weighted by molar-refractivity contribution is 5.75. The Bertz CT molecular complexity index is 148. The minimum Gasteiger partial charge on any atom is -0.385 e. The Kier molecular flexibility index (Phi) is 8.64. The van der Waals surface area contributed by atoms with Crippen molar-refractivity contribution in [1.29, 1.82) is 0 Å². The molecule has 0 rings (SSSR count). The second kappa shape index (κ2) is 9.00. The van der Waals surface area contributed by atoms with Crippen molar-refractivity contribution < 1.29 is 9.53 Å². The number of unbranched alkanes of at least 4 members (excludes halogenated alkanes) is 3. The minimum absolute atomic E-state index is 0.238. The summed E-state index contributed by atoms with van der Waals surface area (Å²) in [4.78, 5) is 13.0. The molecule has 3 nitrogen and oxygen atoms in total. The second-order valence-corrected chi connectivity index (χ2v) is 3.58. The molecule has 0 N–H and O–H groups in total. The lowest BCUT2D eigenvalue weighted by molar-refractivity contribution is -0.129. The van der Waals surface area contributed by atoms with Crippen molar-refractivity contribution >= 4 is 5.91 Å². The Labute approximate surface area is 87.4 Å². The quantitative estimate of drug-likeness (QED) is 0.563. The maximum atomic E-state index is 11.2. The van der Waals surface area contributed by atoms with Crippen LogP contribution in [0.25, 0.3) is 0 Å². The molecule has 0 atom stereocenters. The van der Waals surface area contributed by atoms with E-state index in [4.69, 9.17) is 4.74 Å². The van der Waals surface area contributed by atoms with Crippen molar-refractivity contribution in [2.24, 2.45) is 0 Å². The highest BCUT2D eigenvalue weighted by atomic mass is 16.5. The van der Waals surface area contributed by atoms with Crippen molar-refractivity contribution in [3.05, 3.63) is 0 Å². The van der Waals surface area contributed by atoms with Gasteiger partial charge in [0.2, 0.25) is 5.91 Å². The third-order valence-corrected chi connectivity index (χ3v) is 2.32. The topological polar surface area (TPSA) is 29.5 Å². The SMILES string of the molecule is CCC(=O)N(C)CCCCCCOC. The summed E-state index contributed by atoms with van der Waals surface area (Å²) in [5.74, 6) is 0.238. The first-order valence-corrected chi connectivity index (χ1v) is 5.45. The number of rotatable bonds is 8. The molecule has 0 fully saturated rings. The molecule has 3 heteroatoms. The van der Waals surface area contributed by atoms with Crippen LogP contribution in [0.2, 0.25) is 0 Å². The smallest absolute Gasteiger partial charge is 0.222 e. The Morgan fingerprint density at radius 1 is 1.21 bits per heavy atom. The van der Waals surface area contributed by atoms with Crippen molar-refractivity contribution in [2.45, 2.75) is 39.0 Å². The zero-order chi connectivity index (χ0) is 10.8. The molecule has 0 saturated carbocycles. The third kappa shape index (κ3) is 6.89. The molecule has 0 aromatic heterocycles. The predicted octanol–water partition coefficient (Wildman–Crippen LogP) is 2.06. The van der Waals surface area contributed by atoms with Gasteiger partial charge in [-0.15, -0.1) is 0 Å². The van der Waals surface area contributed by atoms with Gasteiger partial charge in [-0.1, -0.05) is 19.8 Å². The van der Waals surface area contributed by atoms with Crippen LogP contribution in [0.1, 0.15) is 39.0 Å². The van der Waals surface area contributed by atoms with Crippen LogP contribution in [-0.2, 0) is 9.53 Å². The second-order valence-electron chi connectivity index (χ2n) is 3.58. The molecule has 0 saturated heterocycles. The van der Waals surface area contributed by atoms with Gasteiger partial charge < -0.3 is 9.64 Å². The summed E-state index contributed by atoms with van der Waals surface area (Å²) < 4.78 is 4.96. The molecule has 0 bridgehead atoms. The fraction of sp³-hybridized carbons (Fsp3) is 0.909. The number of hydrogen-bond acceptors (Lipinski definition) is 2. The number of carbonyl (C=O) groups is 1. The van der Waals surface area contributed by atoms with E-state index in [-0.39, 0.29) is 5.91 Å². The Hall–Kier alpha value is -0.570. The summed E-state index contributed by atoms with van der Waals surface area (Å²) >= 11 is 0. The molecule has 0 unspecified atom stereocenters. The average Bonchev–Trinajstić information content (AvgIpc) is 2.21. The van der Waals surface area contributed by atoms with Crippen LogP contribution in [0.3, 0.4) is 0 Å². The fourth-order valence-electron chi connectivity index (χ4n) is 1.34. The molecule has 0 spiro atoms. The molecule has 84 valence electrons. The standard InChI is InChI=1S/C11H23NO2/c1-4-11(13)12(2)9-7-5-6-8-10-14-3/h4-10H2,1-3H3. The van der Waals surface area contributed by atoms with E-state index in [9.17, 15) is 4.79 Å². The van der Waals surface area contributed by atoms with Gasteiger partial charge in [0, 0.05) is 33.7 Å². The zero-order valence-corrected chi connectivity index (χ0v) is 9.71. The van der Waals surface area contributed by atoms with E-state index in [0.29, 0.717) is 6.42 Å². The zero-order valence-electron chi connectivity index (χ0n) is 9.71. The number of carbonyl (C=O) groups excluding carboxylic acids is 1. The summed E-state index contributed by atoms with van der Waals surface area (Å²) in [5, 5.41) is 0. The predicted molar refractivity (Wildman–Crippen MR) is 58.3 cm³/mol. The molecule has 0 heterocycles. The minimum atomic E-state index is 0.238. The third-order valence-electron chi connectivity index (χ3n) is 2.32. The van der Waals surface area contributed by atoms with Gasteiger partial charge in [0.25, 0.3) is 0 Å². The normalized spacial score (nSPS) is 10.2. The first-order valence-electron chi connectivity index (χ1n) is 5.45. The van der Waals surface area contributed by atoms with E-state index >= 15 is 0 Å². The molecule has 0 radical (unpaired) electrons. The van der Waals surface area contributed by atoms with Crippen LogP contribution < -0.4 is 0 Å². The molecule has 0 aliphatic carbocycles. The Morgan fingerprint density at radius 3 is 2.43 bits per heavy atom. The summed E-state index contributed by atoms with van der Waals surface area (Å²) in [6, 6.07) is 0. The van der Waals surface area contributed by atoms with Crippen LogP contribution in [0.15, 0.2) is 0 Å². The van der Waals surface area contributed by atoms with Crippen LogP contribution >= 0.6 is 0 Å². The van der Waals surface area contributed by atoms with Crippen molar-refractivity contribution in [3.63, 3.8) is 0 Å². The maximum absolute atomic E-state index is 11.2. The fourth-order valence-corrected chi connectivity index (χ4v) is 1.34. The molecule has 0 aromatic rings. The summed E-state index contributed by atoms with van der Waals surface area (Å²) in [5.41, 5.74) is 0. The van der Waals surface area contributed by atoms with E-state index in [0.717, 1.165) is 26.0 Å². The van der Waals surface area contributed by atoms with Crippen LogP contribution in [0.4, 0.5) is 0 Å². The number of hydrogen-bond donors (Lipinski definition) is 0. The van der Waals surface area contributed by atoms with Gasteiger partial charge in [0.1, 0.15) is 0 Å². The lowest BCUT2D eigenvalue weighted by Crippen LogP contribution is -2.26. The highest BCUT2D eigenvalue weighted by Gasteiger charge is 2.03. The van der Waals surface area contributed by atoms with Gasteiger partial charge in [-0.3, -0.25) is 4.79 Å². The molecule has 0 aliphatic rings. The van der Waals surface area contributed by atoms with Gasteiger partial charge in [-0.2, -0.15) is 0 Å². The van der Waals surface area contributed by atoms with E-state index in [1.165, 1.54) is 12.8 Å². The maximum Gasteiger partial charge on any atom is 0.222 e. The number of amides is 1. The number of methoxy groups -OCH3 is 1. The first-order chi connectivity index (χ1) is 6.72. The number of nitrogens with zero attached hydrogens (tertiary/aromatic N) is 1. The molecule has 0 aliphatic heterocycles. The summed E-state index contributed by atoms with van der Waals surface area (Å²) in [6.07, 6.45) is 5.22.